The molecule has 2 aromatic rings. The molecule has 86 valence electrons. The molecule has 0 aliphatic heterocycles. The molecule has 0 aromatic carbocycles. The van der Waals surface area contributed by atoms with Crippen molar-refractivity contribution in [2.24, 2.45) is 0 Å². The Labute approximate surface area is 96.3 Å². The molecule has 17 heavy (non-hydrogen) atoms. The molecule has 0 N–H and O–H groups in total. The number of rotatable bonds is 2. The van der Waals surface area contributed by atoms with Gasteiger partial charge in [0.1, 0.15) is 5.82 Å². The topological polar surface area (TPSA) is 65.0 Å². The van der Waals surface area contributed by atoms with Crippen LogP contribution in [-0.4, -0.2) is 28.0 Å². The molecule has 2 heterocycles. The minimum atomic E-state index is -0.660. The maximum Gasteiger partial charge on any atom is 0.357 e. The third-order valence-corrected chi connectivity index (χ3v) is 2.04. The van der Waals surface area contributed by atoms with E-state index >= 15 is 0 Å². The summed E-state index contributed by atoms with van der Waals surface area (Å²) >= 11 is 0. The van der Waals surface area contributed by atoms with Crippen LogP contribution in [0.3, 0.4) is 0 Å². The minimum Gasteiger partial charge on any atom is -0.464 e. The molecule has 0 aliphatic rings. The summed E-state index contributed by atoms with van der Waals surface area (Å²) in [6.45, 7) is 0. The summed E-state index contributed by atoms with van der Waals surface area (Å²) < 4.78 is 17.7. The molecule has 0 bridgehead atoms. The zero-order valence-corrected chi connectivity index (χ0v) is 8.92. The molecule has 0 fully saturated rings. The molecular weight excluding hydrogens is 225 g/mol. The van der Waals surface area contributed by atoms with E-state index in [-0.39, 0.29) is 17.1 Å². The van der Waals surface area contributed by atoms with Gasteiger partial charge in [-0.25, -0.2) is 24.1 Å². The highest BCUT2D eigenvalue weighted by atomic mass is 19.1. The molecule has 5 nitrogen and oxygen atoms in total. The Morgan fingerprint density at radius 3 is 2.65 bits per heavy atom. The van der Waals surface area contributed by atoms with Gasteiger partial charge in [0.25, 0.3) is 0 Å². The van der Waals surface area contributed by atoms with Crippen LogP contribution in [0.2, 0.25) is 0 Å². The van der Waals surface area contributed by atoms with E-state index in [0.29, 0.717) is 0 Å². The summed E-state index contributed by atoms with van der Waals surface area (Å²) in [5.74, 6) is -1.01. The van der Waals surface area contributed by atoms with Crippen LogP contribution >= 0.6 is 0 Å². The fourth-order valence-electron chi connectivity index (χ4n) is 1.31. The molecule has 0 atom stereocenters. The third-order valence-electron chi connectivity index (χ3n) is 2.04. The fourth-order valence-corrected chi connectivity index (χ4v) is 1.31. The van der Waals surface area contributed by atoms with Gasteiger partial charge in [-0.15, -0.1) is 0 Å². The number of methoxy groups -OCH3 is 1. The van der Waals surface area contributed by atoms with Gasteiger partial charge in [-0.1, -0.05) is 0 Å². The quantitative estimate of drug-likeness (QED) is 0.735. The van der Waals surface area contributed by atoms with Crippen molar-refractivity contribution in [3.05, 3.63) is 42.2 Å². The van der Waals surface area contributed by atoms with Gasteiger partial charge in [0.05, 0.1) is 18.9 Å². The first-order chi connectivity index (χ1) is 8.22. The van der Waals surface area contributed by atoms with Crippen molar-refractivity contribution >= 4 is 5.97 Å². The Kier molecular flexibility index (Phi) is 3.04. The highest BCUT2D eigenvalue weighted by molar-refractivity contribution is 5.94. The van der Waals surface area contributed by atoms with Crippen molar-refractivity contribution in [3.63, 3.8) is 0 Å². The van der Waals surface area contributed by atoms with Crippen molar-refractivity contribution in [2.45, 2.75) is 0 Å². The van der Waals surface area contributed by atoms with Gasteiger partial charge in [0.15, 0.2) is 11.5 Å². The number of halogens is 1. The first-order valence-corrected chi connectivity index (χ1v) is 4.73. The normalized spacial score (nSPS) is 10.0. The average molecular weight is 233 g/mol. The maximum absolute atomic E-state index is 13.1. The predicted octanol–water partition coefficient (Wildman–Crippen LogP) is 1.46. The van der Waals surface area contributed by atoms with E-state index < -0.39 is 11.8 Å². The lowest BCUT2D eigenvalue weighted by molar-refractivity contribution is 0.0595. The van der Waals surface area contributed by atoms with Crippen LogP contribution in [-0.2, 0) is 4.74 Å². The maximum atomic E-state index is 13.1. The molecule has 0 radical (unpaired) electrons. The first-order valence-electron chi connectivity index (χ1n) is 4.73. The lowest BCUT2D eigenvalue weighted by Gasteiger charge is -2.05. The minimum absolute atomic E-state index is 0.0138. The molecule has 0 aliphatic carbocycles. The Bertz CT molecular complexity index is 546. The van der Waals surface area contributed by atoms with Crippen molar-refractivity contribution < 1.29 is 13.9 Å². The highest BCUT2D eigenvalue weighted by Gasteiger charge is 2.17. The van der Waals surface area contributed by atoms with Crippen LogP contribution in [0.1, 0.15) is 10.5 Å². The monoisotopic (exact) mass is 233 g/mol. The van der Waals surface area contributed by atoms with Crippen LogP contribution in [0.15, 0.2) is 30.7 Å². The summed E-state index contributed by atoms with van der Waals surface area (Å²) in [6, 6.07) is 2.77. The molecule has 0 unspecified atom stereocenters. The Balaban J connectivity index is 2.59. The zero-order chi connectivity index (χ0) is 12.3. The van der Waals surface area contributed by atoms with E-state index in [1.165, 1.54) is 19.5 Å². The van der Waals surface area contributed by atoms with Crippen LogP contribution < -0.4 is 0 Å². The number of aromatic nitrogens is 3. The van der Waals surface area contributed by atoms with Gasteiger partial charge in [-0.05, 0) is 12.1 Å². The molecule has 0 saturated heterocycles. The smallest absolute Gasteiger partial charge is 0.357 e. The van der Waals surface area contributed by atoms with E-state index in [9.17, 15) is 9.18 Å². The number of nitrogens with zero attached hydrogens (tertiary/aromatic N) is 3. The second-order valence-electron chi connectivity index (χ2n) is 3.11. The number of carbonyl (C=O) groups is 1. The van der Waals surface area contributed by atoms with Gasteiger partial charge in [0, 0.05) is 12.4 Å². The van der Waals surface area contributed by atoms with Crippen molar-refractivity contribution in [1.82, 2.24) is 15.0 Å². The number of carbonyl (C=O) groups excluding carboxylic acids is 1. The van der Waals surface area contributed by atoms with Crippen LogP contribution in [0.25, 0.3) is 11.4 Å². The summed E-state index contributed by atoms with van der Waals surface area (Å²) in [5, 5.41) is 0. The lowest BCUT2D eigenvalue weighted by atomic mass is 10.1. The van der Waals surface area contributed by atoms with Gasteiger partial charge >= 0.3 is 5.97 Å². The zero-order valence-electron chi connectivity index (χ0n) is 8.92. The number of hydrogen-bond acceptors (Lipinski definition) is 5. The van der Waals surface area contributed by atoms with Gasteiger partial charge in [-0.2, -0.15) is 0 Å². The Morgan fingerprint density at radius 1 is 1.29 bits per heavy atom. The second kappa shape index (κ2) is 4.65. The number of hydrogen-bond donors (Lipinski definition) is 0. The number of pyridine rings is 1. The molecule has 2 rings (SSSR count). The predicted molar refractivity (Wildman–Crippen MR) is 56.6 cm³/mol. The molecular formula is C11H8FN3O2. The first kappa shape index (κ1) is 11.1. The van der Waals surface area contributed by atoms with Crippen molar-refractivity contribution in [1.29, 1.82) is 0 Å². The largest absolute Gasteiger partial charge is 0.464 e. The van der Waals surface area contributed by atoms with E-state index in [2.05, 4.69) is 19.7 Å². The summed E-state index contributed by atoms with van der Waals surface area (Å²) in [4.78, 5) is 23.0. The lowest BCUT2D eigenvalue weighted by Crippen LogP contribution is -2.08. The van der Waals surface area contributed by atoms with E-state index in [1.54, 1.807) is 6.07 Å². The van der Waals surface area contributed by atoms with Crippen molar-refractivity contribution in [3.8, 4) is 11.4 Å². The molecule has 0 spiro atoms. The fraction of sp³-hybridized carbons (Fsp3) is 0.0909. The summed E-state index contributed by atoms with van der Waals surface area (Å²) in [5.41, 5.74) is 0.192. The molecule has 0 amide bonds. The second-order valence-corrected chi connectivity index (χ2v) is 3.11. The summed E-state index contributed by atoms with van der Waals surface area (Å²) in [6.07, 6.45) is 3.93. The molecule has 6 heteroatoms. The SMILES string of the molecule is COC(=O)c1ncc(F)cc1-c1ncccn1. The highest BCUT2D eigenvalue weighted by Crippen LogP contribution is 2.19. The van der Waals surface area contributed by atoms with Gasteiger partial charge in [0.2, 0.25) is 0 Å². The van der Waals surface area contributed by atoms with Crippen LogP contribution in [0.4, 0.5) is 4.39 Å². The van der Waals surface area contributed by atoms with Gasteiger partial charge in [-0.3, -0.25) is 0 Å². The Morgan fingerprint density at radius 2 is 2.00 bits per heavy atom. The van der Waals surface area contributed by atoms with Crippen LogP contribution in [0, 0.1) is 5.82 Å². The standard InChI is InChI=1S/C11H8FN3O2/c1-17-11(16)9-8(5-7(12)6-15-9)10-13-3-2-4-14-10/h2-6H,1H3. The number of esters is 1. The van der Waals surface area contributed by atoms with E-state index in [1.807, 2.05) is 0 Å². The molecule has 0 saturated carbocycles. The third kappa shape index (κ3) is 2.25. The van der Waals surface area contributed by atoms with Crippen molar-refractivity contribution in [2.75, 3.05) is 7.11 Å². The van der Waals surface area contributed by atoms with Gasteiger partial charge < -0.3 is 4.74 Å². The number of ether oxygens (including phenoxy) is 1. The van der Waals surface area contributed by atoms with Crippen LogP contribution in [0.5, 0.6) is 0 Å². The summed E-state index contributed by atoms with van der Waals surface area (Å²) in [7, 11) is 1.23. The van der Waals surface area contributed by atoms with E-state index in [0.717, 1.165) is 12.3 Å². The van der Waals surface area contributed by atoms with E-state index in [4.69, 9.17) is 0 Å². The molecule has 2 aromatic heterocycles. The average Bonchev–Trinajstić information content (AvgIpc) is 2.39. The Hall–Kier alpha value is -2.37.